The van der Waals surface area contributed by atoms with E-state index in [1.807, 2.05) is 0 Å². The Balaban J connectivity index is 2.51. The van der Waals surface area contributed by atoms with Gasteiger partial charge < -0.3 is 15.2 Å². The highest BCUT2D eigenvalue weighted by atomic mass is 79.9. The lowest BCUT2D eigenvalue weighted by atomic mass is 10.1. The number of amides is 1. The van der Waals surface area contributed by atoms with E-state index in [4.69, 9.17) is 15.2 Å². The van der Waals surface area contributed by atoms with E-state index in [1.165, 1.54) is 7.11 Å². The van der Waals surface area contributed by atoms with Gasteiger partial charge in [-0.3, -0.25) is 4.79 Å². The molecule has 0 aliphatic carbocycles. The summed E-state index contributed by atoms with van der Waals surface area (Å²) in [5.41, 5.74) is 6.28. The first-order valence-corrected chi connectivity index (χ1v) is 6.70. The Hall–Kier alpha value is -2.35. The number of nitrogens with one attached hydrogen (secondary N) is 1. The Labute approximate surface area is 129 Å². The summed E-state index contributed by atoms with van der Waals surface area (Å²) < 4.78 is 11.5. The summed E-state index contributed by atoms with van der Waals surface area (Å²) >= 11 is 3.40. The summed E-state index contributed by atoms with van der Waals surface area (Å²) in [5.74, 6) is 0.353. The van der Waals surface area contributed by atoms with Crippen LogP contribution in [0.2, 0.25) is 0 Å². The van der Waals surface area contributed by atoms with Crippen LogP contribution in [0, 0.1) is 0 Å². The Morgan fingerprint density at radius 2 is 2.29 bits per heavy atom. The van der Waals surface area contributed by atoms with Crippen LogP contribution in [0.5, 0.6) is 11.5 Å². The number of nitrogens with two attached hydrogens (primary N) is 1. The summed E-state index contributed by atoms with van der Waals surface area (Å²) in [7, 11) is 1.52. The number of methoxy groups -OCH3 is 1. The maximum absolute atomic E-state index is 11.3. The number of hydrogen-bond acceptors (Lipinski definition) is 5. The number of primary amides is 1. The van der Waals surface area contributed by atoms with Crippen molar-refractivity contribution in [2.24, 2.45) is 5.73 Å². The third-order valence-corrected chi connectivity index (χ3v) is 3.22. The van der Waals surface area contributed by atoms with E-state index in [9.17, 15) is 4.79 Å². The zero-order valence-corrected chi connectivity index (χ0v) is 12.8. The number of carbonyl (C=O) groups is 1. The van der Waals surface area contributed by atoms with Gasteiger partial charge in [0.2, 0.25) is 0 Å². The van der Waals surface area contributed by atoms with E-state index in [2.05, 4.69) is 37.9 Å². The van der Waals surface area contributed by atoms with Crippen molar-refractivity contribution in [1.82, 2.24) is 15.4 Å². The molecule has 0 radical (unpaired) electrons. The number of rotatable bonds is 6. The van der Waals surface area contributed by atoms with Crippen LogP contribution < -0.4 is 15.2 Å². The quantitative estimate of drug-likeness (QED) is 0.772. The second kappa shape index (κ2) is 6.40. The lowest BCUT2D eigenvalue weighted by Gasteiger charge is -2.12. The van der Waals surface area contributed by atoms with Gasteiger partial charge in [-0.05, 0) is 28.1 Å². The topological polar surface area (TPSA) is 103 Å². The average Bonchev–Trinajstić information content (AvgIpc) is 2.94. The normalized spacial score (nSPS) is 10.2. The van der Waals surface area contributed by atoms with Gasteiger partial charge in [0.1, 0.15) is 12.3 Å². The van der Waals surface area contributed by atoms with Gasteiger partial charge >= 0.3 is 0 Å². The average molecular weight is 353 g/mol. The van der Waals surface area contributed by atoms with Gasteiger partial charge in [-0.25, -0.2) is 0 Å². The number of ether oxygens (including phenoxy) is 2. The molecule has 0 aliphatic rings. The molecule has 0 unspecified atom stereocenters. The highest BCUT2D eigenvalue weighted by Crippen LogP contribution is 2.39. The SMILES string of the molecule is C=CCOc1c(Br)cc(-c2n[nH]nc2C(N)=O)cc1OC. The van der Waals surface area contributed by atoms with Gasteiger partial charge in [0.15, 0.2) is 17.2 Å². The standard InChI is InChI=1S/C13H13BrN4O3/c1-3-4-21-12-8(14)5-7(6-9(12)20-2)10-11(13(15)19)17-18-16-10/h3,5-6H,1,4H2,2H3,(H2,15,19)(H,16,17,18). The predicted octanol–water partition coefficient (Wildman–Crippen LogP) is 1.91. The van der Waals surface area contributed by atoms with E-state index in [0.29, 0.717) is 33.8 Å². The van der Waals surface area contributed by atoms with Crippen LogP contribution in [0.3, 0.4) is 0 Å². The van der Waals surface area contributed by atoms with Gasteiger partial charge in [-0.2, -0.15) is 15.4 Å². The van der Waals surface area contributed by atoms with Crippen LogP contribution in [0.1, 0.15) is 10.5 Å². The van der Waals surface area contributed by atoms with Crippen LogP contribution in [0.4, 0.5) is 0 Å². The van der Waals surface area contributed by atoms with Crippen molar-refractivity contribution in [1.29, 1.82) is 0 Å². The molecular formula is C13H13BrN4O3. The third kappa shape index (κ3) is 3.05. The second-order valence-electron chi connectivity index (χ2n) is 3.97. The van der Waals surface area contributed by atoms with E-state index in [0.717, 1.165) is 0 Å². The number of aromatic nitrogens is 3. The smallest absolute Gasteiger partial charge is 0.271 e. The molecule has 21 heavy (non-hydrogen) atoms. The first-order chi connectivity index (χ1) is 10.1. The molecule has 0 fully saturated rings. The largest absolute Gasteiger partial charge is 0.493 e. The van der Waals surface area contributed by atoms with Gasteiger partial charge in [-0.15, -0.1) is 0 Å². The van der Waals surface area contributed by atoms with Crippen LogP contribution in [0.15, 0.2) is 29.3 Å². The number of aromatic amines is 1. The Morgan fingerprint density at radius 1 is 1.52 bits per heavy atom. The van der Waals surface area contributed by atoms with Crippen molar-refractivity contribution in [3.8, 4) is 22.8 Å². The molecule has 1 aromatic heterocycles. The minimum Gasteiger partial charge on any atom is -0.493 e. The summed E-state index contributed by atoms with van der Waals surface area (Å²) in [5, 5.41) is 10.1. The highest BCUT2D eigenvalue weighted by molar-refractivity contribution is 9.10. The van der Waals surface area contributed by atoms with E-state index < -0.39 is 5.91 Å². The zero-order valence-electron chi connectivity index (χ0n) is 11.2. The fourth-order valence-electron chi connectivity index (χ4n) is 1.74. The predicted molar refractivity (Wildman–Crippen MR) is 80.3 cm³/mol. The Kier molecular flexibility index (Phi) is 4.59. The summed E-state index contributed by atoms with van der Waals surface area (Å²) in [4.78, 5) is 11.3. The fraction of sp³-hybridized carbons (Fsp3) is 0.154. The number of nitrogens with zero attached hydrogens (tertiary/aromatic N) is 2. The number of carbonyl (C=O) groups excluding carboxylic acids is 1. The molecule has 0 saturated carbocycles. The van der Waals surface area contributed by atoms with Crippen molar-refractivity contribution < 1.29 is 14.3 Å². The highest BCUT2D eigenvalue weighted by Gasteiger charge is 2.19. The van der Waals surface area contributed by atoms with Crippen LogP contribution in [-0.2, 0) is 0 Å². The Morgan fingerprint density at radius 3 is 2.90 bits per heavy atom. The molecule has 7 nitrogen and oxygen atoms in total. The van der Waals surface area contributed by atoms with Crippen molar-refractivity contribution in [3.63, 3.8) is 0 Å². The number of H-pyrrole nitrogens is 1. The molecule has 0 atom stereocenters. The maximum Gasteiger partial charge on any atom is 0.271 e. The lowest BCUT2D eigenvalue weighted by molar-refractivity contribution is 0.0996. The first-order valence-electron chi connectivity index (χ1n) is 5.90. The maximum atomic E-state index is 11.3. The summed E-state index contributed by atoms with van der Waals surface area (Å²) in [6, 6.07) is 3.43. The molecule has 110 valence electrons. The summed E-state index contributed by atoms with van der Waals surface area (Å²) in [6.45, 7) is 3.93. The zero-order chi connectivity index (χ0) is 15.4. The van der Waals surface area contributed by atoms with Crippen LogP contribution >= 0.6 is 15.9 Å². The number of halogens is 1. The third-order valence-electron chi connectivity index (χ3n) is 2.63. The molecule has 1 aromatic carbocycles. The lowest BCUT2D eigenvalue weighted by Crippen LogP contribution is -2.12. The minimum absolute atomic E-state index is 0.0590. The number of hydrogen-bond donors (Lipinski definition) is 2. The molecule has 2 rings (SSSR count). The van der Waals surface area contributed by atoms with Crippen molar-refractivity contribution >= 4 is 21.8 Å². The van der Waals surface area contributed by atoms with E-state index in [1.54, 1.807) is 18.2 Å². The molecule has 8 heteroatoms. The van der Waals surface area contributed by atoms with Crippen molar-refractivity contribution in [3.05, 3.63) is 35.0 Å². The second-order valence-corrected chi connectivity index (χ2v) is 4.83. The fourth-order valence-corrected chi connectivity index (χ4v) is 2.30. The van der Waals surface area contributed by atoms with Gasteiger partial charge in [0.25, 0.3) is 5.91 Å². The number of benzene rings is 1. The molecular weight excluding hydrogens is 340 g/mol. The monoisotopic (exact) mass is 352 g/mol. The van der Waals surface area contributed by atoms with Gasteiger partial charge in [-0.1, -0.05) is 12.7 Å². The molecule has 2 aromatic rings. The molecule has 0 aliphatic heterocycles. The van der Waals surface area contributed by atoms with Crippen LogP contribution in [0.25, 0.3) is 11.3 Å². The Bertz CT molecular complexity index is 684. The summed E-state index contributed by atoms with van der Waals surface area (Å²) in [6.07, 6.45) is 1.63. The van der Waals surface area contributed by atoms with Crippen molar-refractivity contribution in [2.75, 3.05) is 13.7 Å². The van der Waals surface area contributed by atoms with E-state index in [-0.39, 0.29) is 5.69 Å². The van der Waals surface area contributed by atoms with Crippen LogP contribution in [-0.4, -0.2) is 35.0 Å². The van der Waals surface area contributed by atoms with E-state index >= 15 is 0 Å². The minimum atomic E-state index is -0.666. The molecule has 0 saturated heterocycles. The van der Waals surface area contributed by atoms with Crippen molar-refractivity contribution in [2.45, 2.75) is 0 Å². The molecule has 1 heterocycles. The molecule has 3 N–H and O–H groups in total. The molecule has 0 spiro atoms. The van der Waals surface area contributed by atoms with Gasteiger partial charge in [0.05, 0.1) is 11.6 Å². The molecule has 0 bridgehead atoms. The first kappa shape index (κ1) is 15.0. The van der Waals surface area contributed by atoms with Gasteiger partial charge in [0, 0.05) is 5.56 Å². The molecule has 1 amide bonds.